The molecular formula is C11H6F3N4O2S-. The molecule has 110 valence electrons. The lowest BCUT2D eigenvalue weighted by Gasteiger charge is -2.04. The lowest BCUT2D eigenvalue weighted by molar-refractivity contribution is -0.255. The molecule has 2 rings (SSSR count). The van der Waals surface area contributed by atoms with Crippen LogP contribution in [0.25, 0.3) is 0 Å². The maximum atomic E-state index is 12.6. The summed E-state index contributed by atoms with van der Waals surface area (Å²) in [5.41, 5.74) is 0.333. The summed E-state index contributed by atoms with van der Waals surface area (Å²) in [4.78, 5) is 10.6. The largest absolute Gasteiger partial charge is 0.545 e. The van der Waals surface area contributed by atoms with Gasteiger partial charge in [0.05, 0.1) is 12.2 Å². The molecule has 0 radical (unpaired) electrons. The van der Waals surface area contributed by atoms with Crippen LogP contribution in [0.4, 0.5) is 13.2 Å². The number of carboxylic acids is 1. The fraction of sp³-hybridized carbons (Fsp3) is 0.0909. The number of halogens is 3. The van der Waals surface area contributed by atoms with Gasteiger partial charge < -0.3 is 9.90 Å². The zero-order chi connectivity index (χ0) is 15.6. The van der Waals surface area contributed by atoms with Gasteiger partial charge in [-0.3, -0.25) is 0 Å². The highest BCUT2D eigenvalue weighted by Crippen LogP contribution is 2.27. The molecule has 10 heteroatoms. The molecule has 6 nitrogen and oxygen atoms in total. The van der Waals surface area contributed by atoms with Crippen molar-refractivity contribution in [3.05, 3.63) is 46.0 Å². The second kappa shape index (κ2) is 5.48. The van der Waals surface area contributed by atoms with Crippen molar-refractivity contribution in [2.45, 2.75) is 6.18 Å². The zero-order valence-corrected chi connectivity index (χ0v) is 10.9. The fourth-order valence-corrected chi connectivity index (χ4v) is 1.59. The Kier molecular flexibility index (Phi) is 3.89. The first kappa shape index (κ1) is 14.9. The van der Waals surface area contributed by atoms with Crippen LogP contribution in [0.1, 0.15) is 21.7 Å². The second-order valence-corrected chi connectivity index (χ2v) is 4.20. The van der Waals surface area contributed by atoms with E-state index >= 15 is 0 Å². The molecule has 0 saturated carbocycles. The van der Waals surface area contributed by atoms with Gasteiger partial charge in [0.2, 0.25) is 4.77 Å². The number of hydrogen-bond donors (Lipinski definition) is 1. The first-order valence-corrected chi connectivity index (χ1v) is 5.80. The van der Waals surface area contributed by atoms with E-state index in [1.165, 1.54) is 24.3 Å². The van der Waals surface area contributed by atoms with Crippen molar-refractivity contribution in [1.82, 2.24) is 14.9 Å². The Labute approximate surface area is 120 Å². The normalized spacial score (nSPS) is 12.0. The third kappa shape index (κ3) is 3.34. The Morgan fingerprint density at radius 3 is 2.52 bits per heavy atom. The molecule has 0 spiro atoms. The van der Waals surface area contributed by atoms with Crippen LogP contribution >= 0.6 is 12.2 Å². The Hall–Kier alpha value is -2.49. The van der Waals surface area contributed by atoms with Crippen molar-refractivity contribution in [2.75, 3.05) is 0 Å². The van der Waals surface area contributed by atoms with Crippen molar-refractivity contribution < 1.29 is 23.1 Å². The van der Waals surface area contributed by atoms with Gasteiger partial charge in [-0.15, -0.1) is 5.10 Å². The quantitative estimate of drug-likeness (QED) is 0.681. The summed E-state index contributed by atoms with van der Waals surface area (Å²) in [7, 11) is 0. The predicted molar refractivity (Wildman–Crippen MR) is 66.2 cm³/mol. The van der Waals surface area contributed by atoms with Crippen molar-refractivity contribution in [3.8, 4) is 0 Å². The van der Waals surface area contributed by atoms with E-state index in [0.717, 1.165) is 6.21 Å². The second-order valence-electron chi connectivity index (χ2n) is 3.82. The van der Waals surface area contributed by atoms with Gasteiger partial charge in [0.15, 0.2) is 0 Å². The Bertz CT molecular complexity index is 746. The lowest BCUT2D eigenvalue weighted by atomic mass is 10.1. The summed E-state index contributed by atoms with van der Waals surface area (Å²) < 4.78 is 38.0. The number of rotatable bonds is 3. The van der Waals surface area contributed by atoms with E-state index in [4.69, 9.17) is 0 Å². The maximum Gasteiger partial charge on any atom is 0.453 e. The standard InChI is InChI=1S/C11H7F3N4O2S/c12-11(13,14)9-16-17-10(21)18(9)15-5-6-1-3-7(4-2-6)8(19)20/h1-5H,(H,17,21)(H,19,20)/p-1/b15-5-. The lowest BCUT2D eigenvalue weighted by Crippen LogP contribution is -2.21. The first-order chi connectivity index (χ1) is 9.79. The number of carboxylic acid groups (broad SMARTS) is 1. The molecule has 0 bridgehead atoms. The molecule has 0 aliphatic rings. The molecule has 0 unspecified atom stereocenters. The van der Waals surface area contributed by atoms with Gasteiger partial charge in [-0.1, -0.05) is 24.3 Å². The number of aromatic amines is 1. The van der Waals surface area contributed by atoms with E-state index in [-0.39, 0.29) is 10.3 Å². The SMILES string of the molecule is O=C([O-])c1ccc(/C=N\n2c(C(F)(F)F)n[nH]c2=S)cc1. The number of aromatic carboxylic acids is 1. The number of carbonyl (C=O) groups is 1. The number of nitrogens with zero attached hydrogens (tertiary/aromatic N) is 3. The number of nitrogens with one attached hydrogen (secondary N) is 1. The summed E-state index contributed by atoms with van der Waals surface area (Å²) in [6, 6.07) is 5.23. The highest BCUT2D eigenvalue weighted by Gasteiger charge is 2.37. The fourth-order valence-electron chi connectivity index (χ4n) is 1.41. The van der Waals surface area contributed by atoms with Gasteiger partial charge in [-0.05, 0) is 23.3 Å². The zero-order valence-electron chi connectivity index (χ0n) is 10.1. The topological polar surface area (TPSA) is 86.1 Å². The minimum absolute atomic E-state index is 0.0527. The molecule has 0 saturated heterocycles. The van der Waals surface area contributed by atoms with Gasteiger partial charge >= 0.3 is 6.18 Å². The van der Waals surface area contributed by atoms with Gasteiger partial charge in [0.1, 0.15) is 0 Å². The minimum Gasteiger partial charge on any atom is -0.545 e. The molecule has 1 aromatic heterocycles. The van der Waals surface area contributed by atoms with Crippen LogP contribution in [0, 0.1) is 4.77 Å². The average Bonchev–Trinajstić information content (AvgIpc) is 2.78. The van der Waals surface area contributed by atoms with Crippen molar-refractivity contribution >= 4 is 24.4 Å². The summed E-state index contributed by atoms with van der Waals surface area (Å²) in [6.45, 7) is 0. The molecule has 1 N–H and O–H groups in total. The maximum absolute atomic E-state index is 12.6. The molecule has 1 heterocycles. The molecular weight excluding hydrogens is 309 g/mol. The monoisotopic (exact) mass is 315 g/mol. The van der Waals surface area contributed by atoms with Crippen LogP contribution in [0.15, 0.2) is 29.4 Å². The third-order valence-corrected chi connectivity index (χ3v) is 2.64. The molecule has 0 aliphatic carbocycles. The molecule has 2 aromatic rings. The highest BCUT2D eigenvalue weighted by atomic mass is 32.1. The third-order valence-electron chi connectivity index (χ3n) is 2.37. The smallest absolute Gasteiger partial charge is 0.453 e. The van der Waals surface area contributed by atoms with Crippen molar-refractivity contribution in [3.63, 3.8) is 0 Å². The molecule has 0 fully saturated rings. The van der Waals surface area contributed by atoms with Crippen LogP contribution < -0.4 is 5.11 Å². The van der Waals surface area contributed by atoms with E-state index < -0.39 is 18.0 Å². The van der Waals surface area contributed by atoms with Crippen LogP contribution in [-0.2, 0) is 6.18 Å². The molecule has 0 aliphatic heterocycles. The highest BCUT2D eigenvalue weighted by molar-refractivity contribution is 7.71. The number of carbonyl (C=O) groups excluding carboxylic acids is 1. The number of hydrogen-bond acceptors (Lipinski definition) is 5. The Morgan fingerprint density at radius 1 is 1.38 bits per heavy atom. The van der Waals surface area contributed by atoms with Gasteiger partial charge in [-0.2, -0.15) is 22.9 Å². The van der Waals surface area contributed by atoms with Crippen molar-refractivity contribution in [1.29, 1.82) is 0 Å². The van der Waals surface area contributed by atoms with E-state index in [1.54, 1.807) is 0 Å². The van der Waals surface area contributed by atoms with Gasteiger partial charge in [0.25, 0.3) is 5.82 Å². The average molecular weight is 315 g/mol. The van der Waals surface area contributed by atoms with Crippen LogP contribution in [-0.4, -0.2) is 27.1 Å². The van der Waals surface area contributed by atoms with E-state index in [2.05, 4.69) is 22.4 Å². The van der Waals surface area contributed by atoms with Crippen LogP contribution in [0.2, 0.25) is 0 Å². The molecule has 21 heavy (non-hydrogen) atoms. The Morgan fingerprint density at radius 2 is 2.00 bits per heavy atom. The Balaban J connectivity index is 2.32. The summed E-state index contributed by atoms with van der Waals surface area (Å²) in [6.07, 6.45) is -3.61. The van der Waals surface area contributed by atoms with Crippen LogP contribution in [0.3, 0.4) is 0 Å². The van der Waals surface area contributed by atoms with E-state index in [0.29, 0.717) is 10.2 Å². The molecule has 0 atom stereocenters. The van der Waals surface area contributed by atoms with Crippen LogP contribution in [0.5, 0.6) is 0 Å². The minimum atomic E-state index is -4.70. The van der Waals surface area contributed by atoms with E-state index in [1.807, 2.05) is 5.10 Å². The van der Waals surface area contributed by atoms with Gasteiger partial charge in [0, 0.05) is 0 Å². The summed E-state index contributed by atoms with van der Waals surface area (Å²) >= 11 is 4.66. The predicted octanol–water partition coefficient (Wildman–Crippen LogP) is 1.21. The molecule has 0 amide bonds. The summed E-state index contributed by atoms with van der Waals surface area (Å²) in [5.74, 6) is -2.63. The van der Waals surface area contributed by atoms with E-state index in [9.17, 15) is 23.1 Å². The number of H-pyrrole nitrogens is 1. The van der Waals surface area contributed by atoms with Gasteiger partial charge in [-0.25, -0.2) is 5.10 Å². The first-order valence-electron chi connectivity index (χ1n) is 5.39. The van der Waals surface area contributed by atoms with Crippen molar-refractivity contribution in [2.24, 2.45) is 5.10 Å². The number of benzene rings is 1. The number of aromatic nitrogens is 3. The molecule has 1 aromatic carbocycles. The number of alkyl halides is 3. The summed E-state index contributed by atoms with van der Waals surface area (Å²) in [5, 5.41) is 19.2.